The number of halogens is 1. The Bertz CT molecular complexity index is 150. The minimum absolute atomic E-state index is 0.812. The second-order valence-electron chi connectivity index (χ2n) is 4.45. The molecule has 2 rings (SSSR count). The van der Waals surface area contributed by atoms with Gasteiger partial charge in [-0.05, 0) is 25.7 Å². The fraction of sp³-hybridized carbons (Fsp3) is 1.00. The maximum absolute atomic E-state index is 5.85. The average molecular weight is 202 g/mol. The highest BCUT2D eigenvalue weighted by molar-refractivity contribution is 6.18. The van der Waals surface area contributed by atoms with Crippen LogP contribution >= 0.6 is 11.6 Å². The van der Waals surface area contributed by atoms with Gasteiger partial charge in [-0.15, -0.1) is 11.6 Å². The normalized spacial score (nSPS) is 25.4. The van der Waals surface area contributed by atoms with Crippen molar-refractivity contribution in [2.24, 2.45) is 0 Å². The Labute approximate surface area is 86.4 Å². The summed E-state index contributed by atoms with van der Waals surface area (Å²) in [6, 6.07) is 1.78. The lowest BCUT2D eigenvalue weighted by atomic mass is 9.94. The van der Waals surface area contributed by atoms with E-state index in [0.717, 1.165) is 24.5 Å². The molecule has 0 radical (unpaired) electrons. The number of nitrogens with zero attached hydrogens (tertiary/aromatic N) is 1. The molecule has 0 bridgehead atoms. The molecule has 0 atom stereocenters. The van der Waals surface area contributed by atoms with Crippen molar-refractivity contribution in [3.8, 4) is 0 Å². The van der Waals surface area contributed by atoms with E-state index >= 15 is 0 Å². The largest absolute Gasteiger partial charge is 0.296 e. The molecule has 0 heterocycles. The van der Waals surface area contributed by atoms with Gasteiger partial charge in [0, 0.05) is 24.5 Å². The Kier molecular flexibility index (Phi) is 3.51. The van der Waals surface area contributed by atoms with Crippen LogP contribution < -0.4 is 0 Å². The van der Waals surface area contributed by atoms with Crippen LogP contribution in [0.4, 0.5) is 0 Å². The van der Waals surface area contributed by atoms with Crippen molar-refractivity contribution in [2.75, 3.05) is 12.4 Å². The quantitative estimate of drug-likeness (QED) is 0.633. The number of rotatable bonds is 4. The summed E-state index contributed by atoms with van der Waals surface area (Å²) in [7, 11) is 0. The number of hydrogen-bond donors (Lipinski definition) is 0. The van der Waals surface area contributed by atoms with Gasteiger partial charge < -0.3 is 0 Å². The van der Waals surface area contributed by atoms with E-state index in [4.69, 9.17) is 11.6 Å². The highest BCUT2D eigenvalue weighted by atomic mass is 35.5. The van der Waals surface area contributed by atoms with Crippen LogP contribution in [0.15, 0.2) is 0 Å². The van der Waals surface area contributed by atoms with Crippen molar-refractivity contribution in [3.05, 3.63) is 0 Å². The van der Waals surface area contributed by atoms with Gasteiger partial charge in [0.2, 0.25) is 0 Å². The molecule has 2 aliphatic rings. The first-order valence-corrected chi connectivity index (χ1v) is 6.27. The van der Waals surface area contributed by atoms with Gasteiger partial charge in [-0.1, -0.05) is 19.3 Å². The van der Waals surface area contributed by atoms with E-state index in [1.54, 1.807) is 0 Å². The second-order valence-corrected chi connectivity index (χ2v) is 4.83. The van der Waals surface area contributed by atoms with E-state index in [0.29, 0.717) is 0 Å². The van der Waals surface area contributed by atoms with Crippen LogP contribution in [0.1, 0.15) is 44.9 Å². The molecule has 0 saturated heterocycles. The lowest BCUT2D eigenvalue weighted by molar-refractivity contribution is 0.156. The van der Waals surface area contributed by atoms with Gasteiger partial charge in [0.05, 0.1) is 0 Å². The zero-order valence-electron chi connectivity index (χ0n) is 8.34. The molecule has 0 aromatic heterocycles. The molecule has 1 nitrogen and oxygen atoms in total. The Morgan fingerprint density at radius 2 is 1.54 bits per heavy atom. The summed E-state index contributed by atoms with van der Waals surface area (Å²) in [6.07, 6.45) is 10.0. The van der Waals surface area contributed by atoms with Crippen molar-refractivity contribution in [1.29, 1.82) is 0 Å². The molecule has 2 aliphatic carbocycles. The van der Waals surface area contributed by atoms with Crippen LogP contribution in [0.3, 0.4) is 0 Å². The summed E-state index contributed by atoms with van der Waals surface area (Å²) < 4.78 is 0. The maximum Gasteiger partial charge on any atom is 0.0351 e. The van der Waals surface area contributed by atoms with E-state index in [-0.39, 0.29) is 0 Å². The minimum atomic E-state index is 0.812. The van der Waals surface area contributed by atoms with Gasteiger partial charge in [0.1, 0.15) is 0 Å². The fourth-order valence-electron chi connectivity index (χ4n) is 2.58. The Morgan fingerprint density at radius 3 is 2.08 bits per heavy atom. The summed E-state index contributed by atoms with van der Waals surface area (Å²) >= 11 is 5.85. The molecule has 0 aliphatic heterocycles. The fourth-order valence-corrected chi connectivity index (χ4v) is 2.77. The summed E-state index contributed by atoms with van der Waals surface area (Å²) in [5, 5.41) is 0. The van der Waals surface area contributed by atoms with Crippen LogP contribution in [0.5, 0.6) is 0 Å². The highest BCUT2D eigenvalue weighted by Crippen LogP contribution is 2.33. The van der Waals surface area contributed by atoms with Crippen LogP contribution in [0, 0.1) is 0 Å². The molecular weight excluding hydrogens is 182 g/mol. The SMILES string of the molecule is ClCCN(C1CCCCC1)C1CC1. The van der Waals surface area contributed by atoms with E-state index in [9.17, 15) is 0 Å². The first kappa shape index (κ1) is 9.79. The highest BCUT2D eigenvalue weighted by Gasteiger charge is 2.33. The minimum Gasteiger partial charge on any atom is -0.296 e. The zero-order valence-corrected chi connectivity index (χ0v) is 9.10. The predicted molar refractivity (Wildman–Crippen MR) is 57.3 cm³/mol. The summed E-state index contributed by atoms with van der Waals surface area (Å²) in [5.74, 6) is 0.812. The first-order chi connectivity index (χ1) is 6.42. The van der Waals surface area contributed by atoms with Crippen molar-refractivity contribution in [2.45, 2.75) is 57.0 Å². The topological polar surface area (TPSA) is 3.24 Å². The Balaban J connectivity index is 1.84. The predicted octanol–water partition coefficient (Wildman–Crippen LogP) is 3.02. The van der Waals surface area contributed by atoms with Crippen molar-refractivity contribution < 1.29 is 0 Å². The smallest absolute Gasteiger partial charge is 0.0351 e. The monoisotopic (exact) mass is 201 g/mol. The van der Waals surface area contributed by atoms with E-state index in [2.05, 4.69) is 4.90 Å². The van der Waals surface area contributed by atoms with E-state index < -0.39 is 0 Å². The van der Waals surface area contributed by atoms with Crippen molar-refractivity contribution in [1.82, 2.24) is 4.90 Å². The van der Waals surface area contributed by atoms with Crippen LogP contribution in [-0.4, -0.2) is 29.4 Å². The summed E-state index contributed by atoms with van der Waals surface area (Å²) in [4.78, 5) is 2.69. The first-order valence-electron chi connectivity index (χ1n) is 5.73. The summed E-state index contributed by atoms with van der Waals surface area (Å²) in [6.45, 7) is 1.12. The van der Waals surface area contributed by atoms with E-state index in [1.165, 1.54) is 44.9 Å². The van der Waals surface area contributed by atoms with Gasteiger partial charge >= 0.3 is 0 Å². The molecule has 0 unspecified atom stereocenters. The molecule has 0 spiro atoms. The third kappa shape index (κ3) is 2.60. The molecular formula is C11H20ClN. The van der Waals surface area contributed by atoms with Gasteiger partial charge in [-0.2, -0.15) is 0 Å². The van der Waals surface area contributed by atoms with Gasteiger partial charge in [-0.3, -0.25) is 4.90 Å². The second kappa shape index (κ2) is 4.65. The lowest BCUT2D eigenvalue weighted by Crippen LogP contribution is -2.39. The number of hydrogen-bond acceptors (Lipinski definition) is 1. The average Bonchev–Trinajstić information content (AvgIpc) is 2.99. The zero-order chi connectivity index (χ0) is 9.10. The molecule has 13 heavy (non-hydrogen) atoms. The van der Waals surface area contributed by atoms with Crippen molar-refractivity contribution >= 4 is 11.6 Å². The van der Waals surface area contributed by atoms with Crippen LogP contribution in [0.2, 0.25) is 0 Å². The molecule has 2 saturated carbocycles. The standard InChI is InChI=1S/C11H20ClN/c12-8-9-13(11-6-7-11)10-4-2-1-3-5-10/h10-11H,1-9H2. The van der Waals surface area contributed by atoms with Gasteiger partial charge in [-0.25, -0.2) is 0 Å². The molecule has 0 N–H and O–H groups in total. The van der Waals surface area contributed by atoms with Gasteiger partial charge in [0.25, 0.3) is 0 Å². The molecule has 76 valence electrons. The molecule has 2 fully saturated rings. The van der Waals surface area contributed by atoms with Crippen molar-refractivity contribution in [3.63, 3.8) is 0 Å². The molecule has 0 amide bonds. The van der Waals surface area contributed by atoms with Crippen LogP contribution in [-0.2, 0) is 0 Å². The Hall–Kier alpha value is 0.250. The molecule has 0 aromatic rings. The van der Waals surface area contributed by atoms with Crippen LogP contribution in [0.25, 0.3) is 0 Å². The van der Waals surface area contributed by atoms with Gasteiger partial charge in [0.15, 0.2) is 0 Å². The number of alkyl halides is 1. The third-order valence-corrected chi connectivity index (χ3v) is 3.57. The maximum atomic E-state index is 5.85. The molecule has 0 aromatic carbocycles. The lowest BCUT2D eigenvalue weighted by Gasteiger charge is -2.34. The third-order valence-electron chi connectivity index (χ3n) is 3.40. The molecule has 2 heteroatoms. The Morgan fingerprint density at radius 1 is 0.923 bits per heavy atom. The van der Waals surface area contributed by atoms with E-state index in [1.807, 2.05) is 0 Å². The summed E-state index contributed by atoms with van der Waals surface area (Å²) in [5.41, 5.74) is 0.